The molecular formula is C18H23FN2. The predicted octanol–water partition coefficient (Wildman–Crippen LogP) is 3.80. The molecule has 0 fully saturated rings. The molecule has 3 heteroatoms. The fourth-order valence-corrected chi connectivity index (χ4v) is 2.56. The average Bonchev–Trinajstić information content (AvgIpc) is 2.47. The molecule has 21 heavy (non-hydrogen) atoms. The fraction of sp³-hybridized carbons (Fsp3) is 0.333. The van der Waals surface area contributed by atoms with Gasteiger partial charge >= 0.3 is 0 Å². The zero-order valence-electron chi connectivity index (χ0n) is 12.8. The van der Waals surface area contributed by atoms with E-state index >= 15 is 0 Å². The van der Waals surface area contributed by atoms with E-state index in [0.717, 1.165) is 13.0 Å². The van der Waals surface area contributed by atoms with Crippen LogP contribution in [-0.4, -0.2) is 13.1 Å². The number of nitrogens with zero attached hydrogens (tertiary/aromatic N) is 1. The first kappa shape index (κ1) is 15.5. The Balaban J connectivity index is 2.31. The minimum Gasteiger partial charge on any atom is -0.365 e. The van der Waals surface area contributed by atoms with Gasteiger partial charge in [0, 0.05) is 13.1 Å². The van der Waals surface area contributed by atoms with Gasteiger partial charge < -0.3 is 10.6 Å². The van der Waals surface area contributed by atoms with Gasteiger partial charge in [-0.1, -0.05) is 30.3 Å². The lowest BCUT2D eigenvalue weighted by molar-refractivity contribution is 0.612. The van der Waals surface area contributed by atoms with Crippen molar-refractivity contribution in [1.82, 2.24) is 0 Å². The summed E-state index contributed by atoms with van der Waals surface area (Å²) in [5.74, 6) is -0.180. The van der Waals surface area contributed by atoms with Gasteiger partial charge in [0.2, 0.25) is 0 Å². The van der Waals surface area contributed by atoms with Crippen molar-refractivity contribution < 1.29 is 4.39 Å². The largest absolute Gasteiger partial charge is 0.365 e. The van der Waals surface area contributed by atoms with Crippen molar-refractivity contribution in [2.24, 2.45) is 5.73 Å². The zero-order chi connectivity index (χ0) is 15.2. The number of nitrogens with two attached hydrogens (primary N) is 1. The molecule has 0 saturated heterocycles. The third kappa shape index (κ3) is 3.82. The first-order valence-electron chi connectivity index (χ1n) is 7.38. The van der Waals surface area contributed by atoms with Gasteiger partial charge in [-0.2, -0.15) is 0 Å². The van der Waals surface area contributed by atoms with Crippen LogP contribution in [0.25, 0.3) is 0 Å². The van der Waals surface area contributed by atoms with Gasteiger partial charge in [-0.05, 0) is 55.6 Å². The molecule has 2 N–H and O–H groups in total. The molecule has 0 amide bonds. The SMILES string of the molecule is Cc1cccc(C)c1CN(CCCN)c1ccccc1F. The highest BCUT2D eigenvalue weighted by molar-refractivity contribution is 5.49. The van der Waals surface area contributed by atoms with Gasteiger partial charge in [0.15, 0.2) is 0 Å². The summed E-state index contributed by atoms with van der Waals surface area (Å²) in [7, 11) is 0. The number of aryl methyl sites for hydroxylation is 2. The second-order valence-electron chi connectivity index (χ2n) is 5.39. The van der Waals surface area contributed by atoms with E-state index in [4.69, 9.17) is 5.73 Å². The van der Waals surface area contributed by atoms with Gasteiger partial charge in [0.05, 0.1) is 5.69 Å². The van der Waals surface area contributed by atoms with Gasteiger partial charge in [-0.15, -0.1) is 0 Å². The Kier molecular flexibility index (Phi) is 5.34. The third-order valence-corrected chi connectivity index (χ3v) is 3.82. The molecule has 2 rings (SSSR count). The number of halogens is 1. The first-order chi connectivity index (χ1) is 10.1. The van der Waals surface area contributed by atoms with Crippen LogP contribution in [0.4, 0.5) is 10.1 Å². The van der Waals surface area contributed by atoms with Crippen LogP contribution >= 0.6 is 0 Å². The molecule has 0 radical (unpaired) electrons. The maximum absolute atomic E-state index is 14.1. The second kappa shape index (κ2) is 7.23. The Hall–Kier alpha value is -1.87. The lowest BCUT2D eigenvalue weighted by atomic mass is 10.0. The summed E-state index contributed by atoms with van der Waals surface area (Å²) in [6.45, 7) is 6.28. The van der Waals surface area contributed by atoms with E-state index in [2.05, 4.69) is 36.9 Å². The quantitative estimate of drug-likeness (QED) is 0.875. The van der Waals surface area contributed by atoms with E-state index in [1.807, 2.05) is 12.1 Å². The lowest BCUT2D eigenvalue weighted by Crippen LogP contribution is -2.27. The number of benzene rings is 2. The van der Waals surface area contributed by atoms with E-state index in [1.54, 1.807) is 6.07 Å². The minimum atomic E-state index is -0.180. The number of anilines is 1. The summed E-state index contributed by atoms with van der Waals surface area (Å²) in [6.07, 6.45) is 0.846. The summed E-state index contributed by atoms with van der Waals surface area (Å²) < 4.78 is 14.1. The fourth-order valence-electron chi connectivity index (χ4n) is 2.56. The maximum Gasteiger partial charge on any atom is 0.146 e. The zero-order valence-corrected chi connectivity index (χ0v) is 12.8. The van der Waals surface area contributed by atoms with Crippen molar-refractivity contribution in [2.45, 2.75) is 26.8 Å². The smallest absolute Gasteiger partial charge is 0.146 e. The molecule has 0 aliphatic heterocycles. The van der Waals surface area contributed by atoms with Crippen molar-refractivity contribution in [1.29, 1.82) is 0 Å². The van der Waals surface area contributed by atoms with E-state index in [9.17, 15) is 4.39 Å². The Morgan fingerprint density at radius 2 is 1.67 bits per heavy atom. The van der Waals surface area contributed by atoms with Crippen LogP contribution < -0.4 is 10.6 Å². The van der Waals surface area contributed by atoms with Crippen molar-refractivity contribution in [3.05, 3.63) is 65.0 Å². The third-order valence-electron chi connectivity index (χ3n) is 3.82. The van der Waals surface area contributed by atoms with Gasteiger partial charge in [0.1, 0.15) is 5.82 Å². The monoisotopic (exact) mass is 286 g/mol. The molecule has 2 aromatic rings. The summed E-state index contributed by atoms with van der Waals surface area (Å²) in [6, 6.07) is 13.2. The topological polar surface area (TPSA) is 29.3 Å². The highest BCUT2D eigenvalue weighted by atomic mass is 19.1. The van der Waals surface area contributed by atoms with Crippen LogP contribution in [0.1, 0.15) is 23.1 Å². The molecule has 0 aliphatic carbocycles. The van der Waals surface area contributed by atoms with E-state index in [1.165, 1.54) is 22.8 Å². The van der Waals surface area contributed by atoms with Crippen molar-refractivity contribution in [3.63, 3.8) is 0 Å². The van der Waals surface area contributed by atoms with Crippen LogP contribution in [0.2, 0.25) is 0 Å². The molecule has 0 heterocycles. The van der Waals surface area contributed by atoms with Crippen LogP contribution in [0.3, 0.4) is 0 Å². The van der Waals surface area contributed by atoms with Gasteiger partial charge in [-0.25, -0.2) is 4.39 Å². The van der Waals surface area contributed by atoms with Crippen LogP contribution in [-0.2, 0) is 6.54 Å². The molecule has 0 unspecified atom stereocenters. The molecule has 0 atom stereocenters. The summed E-state index contributed by atoms with van der Waals surface area (Å²) in [5, 5.41) is 0. The molecule has 0 spiro atoms. The molecule has 112 valence electrons. The molecule has 2 aromatic carbocycles. The van der Waals surface area contributed by atoms with Crippen LogP contribution in [0.5, 0.6) is 0 Å². The summed E-state index contributed by atoms with van der Waals surface area (Å²) in [4.78, 5) is 2.08. The predicted molar refractivity (Wildman–Crippen MR) is 87.0 cm³/mol. The Morgan fingerprint density at radius 3 is 2.29 bits per heavy atom. The number of para-hydroxylation sites is 1. The summed E-state index contributed by atoms with van der Waals surface area (Å²) >= 11 is 0. The molecule has 0 bridgehead atoms. The lowest BCUT2D eigenvalue weighted by Gasteiger charge is -2.27. The normalized spacial score (nSPS) is 10.7. The standard InChI is InChI=1S/C18H23FN2/c1-14-7-5-8-15(2)16(14)13-21(12-6-11-20)18-10-4-3-9-17(18)19/h3-5,7-10H,6,11-13,20H2,1-2H3. The van der Waals surface area contributed by atoms with E-state index < -0.39 is 0 Å². The highest BCUT2D eigenvalue weighted by Gasteiger charge is 2.13. The van der Waals surface area contributed by atoms with Crippen molar-refractivity contribution >= 4 is 5.69 Å². The van der Waals surface area contributed by atoms with Crippen molar-refractivity contribution in [3.8, 4) is 0 Å². The summed E-state index contributed by atoms with van der Waals surface area (Å²) in [5.41, 5.74) is 10.0. The van der Waals surface area contributed by atoms with Crippen LogP contribution in [0.15, 0.2) is 42.5 Å². The Morgan fingerprint density at radius 1 is 1.00 bits per heavy atom. The first-order valence-corrected chi connectivity index (χ1v) is 7.38. The molecule has 0 aromatic heterocycles. The van der Waals surface area contributed by atoms with Gasteiger partial charge in [0.25, 0.3) is 0 Å². The van der Waals surface area contributed by atoms with Gasteiger partial charge in [-0.3, -0.25) is 0 Å². The number of rotatable bonds is 6. The van der Waals surface area contributed by atoms with Crippen molar-refractivity contribution in [2.75, 3.05) is 18.0 Å². The average molecular weight is 286 g/mol. The maximum atomic E-state index is 14.1. The molecule has 0 saturated carbocycles. The Labute approximate surface area is 126 Å². The Bertz CT molecular complexity index is 575. The number of hydrogen-bond acceptors (Lipinski definition) is 2. The van der Waals surface area contributed by atoms with Crippen LogP contribution in [0, 0.1) is 19.7 Å². The molecule has 2 nitrogen and oxygen atoms in total. The number of hydrogen-bond donors (Lipinski definition) is 1. The van der Waals surface area contributed by atoms with E-state index in [0.29, 0.717) is 18.8 Å². The molecule has 0 aliphatic rings. The minimum absolute atomic E-state index is 0.180. The highest BCUT2D eigenvalue weighted by Crippen LogP contribution is 2.23. The second-order valence-corrected chi connectivity index (χ2v) is 5.39. The molecular weight excluding hydrogens is 263 g/mol. The van der Waals surface area contributed by atoms with E-state index in [-0.39, 0.29) is 5.82 Å².